The van der Waals surface area contributed by atoms with E-state index in [0.717, 1.165) is 5.56 Å². The SMILES string of the molecule is COC(=O)C1=C(C)N(Cc2cccnc2)C(=O)/C1=C\c1ccc([N+](=O)[O-])cc1. The van der Waals surface area contributed by atoms with Crippen molar-refractivity contribution in [2.45, 2.75) is 13.5 Å². The zero-order valence-corrected chi connectivity index (χ0v) is 15.3. The van der Waals surface area contributed by atoms with Gasteiger partial charge in [-0.05, 0) is 42.3 Å². The minimum Gasteiger partial charge on any atom is -0.465 e. The van der Waals surface area contributed by atoms with E-state index in [1.54, 1.807) is 25.4 Å². The summed E-state index contributed by atoms with van der Waals surface area (Å²) in [6.07, 6.45) is 4.82. The first-order valence-corrected chi connectivity index (χ1v) is 8.39. The maximum Gasteiger partial charge on any atom is 0.340 e. The lowest BCUT2D eigenvalue weighted by molar-refractivity contribution is -0.384. The van der Waals surface area contributed by atoms with Crippen LogP contribution in [0.3, 0.4) is 0 Å². The number of hydrogen-bond donors (Lipinski definition) is 0. The van der Waals surface area contributed by atoms with E-state index in [2.05, 4.69) is 4.98 Å². The number of benzene rings is 1. The highest BCUT2D eigenvalue weighted by Crippen LogP contribution is 2.33. The minimum atomic E-state index is -0.618. The maximum atomic E-state index is 13.0. The fourth-order valence-corrected chi connectivity index (χ4v) is 2.95. The van der Waals surface area contributed by atoms with Crippen LogP contribution in [-0.2, 0) is 20.9 Å². The van der Waals surface area contributed by atoms with Gasteiger partial charge < -0.3 is 9.64 Å². The Kier molecular flexibility index (Phi) is 5.30. The molecule has 3 rings (SSSR count). The topological polar surface area (TPSA) is 103 Å². The summed E-state index contributed by atoms with van der Waals surface area (Å²) in [5.74, 6) is -0.965. The van der Waals surface area contributed by atoms with Crippen LogP contribution in [0, 0.1) is 10.1 Å². The van der Waals surface area contributed by atoms with E-state index >= 15 is 0 Å². The van der Waals surface area contributed by atoms with Gasteiger partial charge in [-0.1, -0.05) is 6.07 Å². The highest BCUT2D eigenvalue weighted by Gasteiger charge is 2.37. The van der Waals surface area contributed by atoms with Gasteiger partial charge in [-0.3, -0.25) is 19.9 Å². The fraction of sp³-hybridized carbons (Fsp3) is 0.150. The number of nitrogens with zero attached hydrogens (tertiary/aromatic N) is 3. The van der Waals surface area contributed by atoms with Crippen LogP contribution in [0.5, 0.6) is 0 Å². The lowest BCUT2D eigenvalue weighted by atomic mass is 10.0. The third-order valence-corrected chi connectivity index (χ3v) is 4.38. The summed E-state index contributed by atoms with van der Waals surface area (Å²) in [7, 11) is 1.25. The second-order valence-corrected chi connectivity index (χ2v) is 6.11. The van der Waals surface area contributed by atoms with Crippen molar-refractivity contribution in [3.05, 3.63) is 86.9 Å². The molecular weight excluding hydrogens is 362 g/mol. The summed E-state index contributed by atoms with van der Waals surface area (Å²) >= 11 is 0. The maximum absolute atomic E-state index is 13.0. The Morgan fingerprint density at radius 3 is 2.57 bits per heavy atom. The van der Waals surface area contributed by atoms with Crippen molar-refractivity contribution in [1.82, 2.24) is 9.88 Å². The van der Waals surface area contributed by atoms with Crippen LogP contribution in [0.25, 0.3) is 6.08 Å². The third kappa shape index (κ3) is 3.66. The number of hydrogen-bond acceptors (Lipinski definition) is 6. The molecule has 28 heavy (non-hydrogen) atoms. The van der Waals surface area contributed by atoms with Gasteiger partial charge in [0.25, 0.3) is 11.6 Å². The molecule has 0 bridgehead atoms. The smallest absolute Gasteiger partial charge is 0.340 e. The van der Waals surface area contributed by atoms with Crippen molar-refractivity contribution in [3.63, 3.8) is 0 Å². The van der Waals surface area contributed by atoms with Crippen molar-refractivity contribution in [3.8, 4) is 0 Å². The van der Waals surface area contributed by atoms with Gasteiger partial charge in [0.15, 0.2) is 0 Å². The van der Waals surface area contributed by atoms with Gasteiger partial charge in [0.1, 0.15) is 0 Å². The lowest BCUT2D eigenvalue weighted by Crippen LogP contribution is -2.24. The Hall–Kier alpha value is -3.81. The van der Waals surface area contributed by atoms with Crippen molar-refractivity contribution in [1.29, 1.82) is 0 Å². The normalized spacial score (nSPS) is 15.3. The summed E-state index contributed by atoms with van der Waals surface area (Å²) in [5.41, 5.74) is 2.16. The van der Waals surface area contributed by atoms with Crippen LogP contribution >= 0.6 is 0 Å². The van der Waals surface area contributed by atoms with E-state index in [-0.39, 0.29) is 29.3 Å². The highest BCUT2D eigenvalue weighted by molar-refractivity contribution is 6.16. The van der Waals surface area contributed by atoms with Gasteiger partial charge in [0, 0.05) is 30.2 Å². The molecule has 0 N–H and O–H groups in total. The van der Waals surface area contributed by atoms with Crippen LogP contribution in [0.15, 0.2) is 65.6 Å². The molecule has 8 nitrogen and oxygen atoms in total. The first-order valence-electron chi connectivity index (χ1n) is 8.39. The van der Waals surface area contributed by atoms with Crippen molar-refractivity contribution >= 4 is 23.6 Å². The number of rotatable bonds is 5. The molecule has 0 atom stereocenters. The average molecular weight is 379 g/mol. The highest BCUT2D eigenvalue weighted by atomic mass is 16.6. The molecule has 1 amide bonds. The number of ether oxygens (including phenoxy) is 1. The van der Waals surface area contributed by atoms with E-state index in [1.165, 1.54) is 42.4 Å². The number of amides is 1. The van der Waals surface area contributed by atoms with Crippen molar-refractivity contribution in [2.75, 3.05) is 7.11 Å². The molecule has 0 unspecified atom stereocenters. The Labute approximate surface area is 160 Å². The molecule has 0 saturated carbocycles. The first-order chi connectivity index (χ1) is 13.4. The Bertz CT molecular complexity index is 994. The zero-order valence-electron chi connectivity index (χ0n) is 15.3. The Morgan fingerprint density at radius 2 is 2.00 bits per heavy atom. The molecule has 2 aromatic rings. The number of carbonyl (C=O) groups excluding carboxylic acids is 2. The molecule has 1 aromatic heterocycles. The van der Waals surface area contributed by atoms with E-state index < -0.39 is 10.9 Å². The number of non-ortho nitro benzene ring substituents is 1. The summed E-state index contributed by atoms with van der Waals surface area (Å²) in [6, 6.07) is 9.33. The predicted molar refractivity (Wildman–Crippen MR) is 101 cm³/mol. The molecule has 1 aromatic carbocycles. The van der Waals surface area contributed by atoms with Gasteiger partial charge in [-0.2, -0.15) is 0 Å². The van der Waals surface area contributed by atoms with Crippen molar-refractivity contribution in [2.24, 2.45) is 0 Å². The molecule has 0 aliphatic carbocycles. The summed E-state index contributed by atoms with van der Waals surface area (Å²) < 4.78 is 4.85. The molecule has 142 valence electrons. The van der Waals surface area contributed by atoms with Crippen LogP contribution < -0.4 is 0 Å². The number of methoxy groups -OCH3 is 1. The first kappa shape index (κ1) is 19.0. The van der Waals surface area contributed by atoms with Gasteiger partial charge in [0.05, 0.1) is 29.7 Å². The van der Waals surface area contributed by atoms with Gasteiger partial charge >= 0.3 is 5.97 Å². The third-order valence-electron chi connectivity index (χ3n) is 4.38. The van der Waals surface area contributed by atoms with Crippen LogP contribution in [0.1, 0.15) is 18.1 Å². The zero-order chi connectivity index (χ0) is 20.3. The second kappa shape index (κ2) is 7.83. The standard InChI is InChI=1S/C20H17N3O5/c1-13-18(20(25)28-2)17(10-14-5-7-16(8-6-14)23(26)27)19(24)22(13)12-15-4-3-9-21-11-15/h3-11H,12H2,1-2H3/b17-10-. The molecule has 0 fully saturated rings. The molecule has 1 aliphatic rings. The molecule has 0 spiro atoms. The molecular formula is C20H17N3O5. The fourth-order valence-electron chi connectivity index (χ4n) is 2.95. The monoisotopic (exact) mass is 379 g/mol. The minimum absolute atomic E-state index is 0.0574. The second-order valence-electron chi connectivity index (χ2n) is 6.11. The molecule has 2 heterocycles. The molecule has 1 aliphatic heterocycles. The van der Waals surface area contributed by atoms with Gasteiger partial charge in [-0.25, -0.2) is 4.79 Å². The van der Waals surface area contributed by atoms with Crippen LogP contribution in [0.2, 0.25) is 0 Å². The summed E-state index contributed by atoms with van der Waals surface area (Å²) in [5, 5.41) is 10.8. The largest absolute Gasteiger partial charge is 0.465 e. The van der Waals surface area contributed by atoms with Gasteiger partial charge in [0.2, 0.25) is 0 Å². The molecule has 0 radical (unpaired) electrons. The number of carbonyl (C=O) groups is 2. The number of esters is 1. The van der Waals surface area contributed by atoms with E-state index in [1.807, 2.05) is 6.07 Å². The number of allylic oxidation sites excluding steroid dienone is 1. The van der Waals surface area contributed by atoms with Crippen LogP contribution in [-0.4, -0.2) is 33.8 Å². The lowest BCUT2D eigenvalue weighted by Gasteiger charge is -2.17. The molecule has 8 heteroatoms. The van der Waals surface area contributed by atoms with E-state index in [0.29, 0.717) is 11.3 Å². The predicted octanol–water partition coefficient (Wildman–Crippen LogP) is 2.86. The number of nitro groups is 1. The van der Waals surface area contributed by atoms with Crippen LogP contribution in [0.4, 0.5) is 5.69 Å². The van der Waals surface area contributed by atoms with E-state index in [4.69, 9.17) is 4.74 Å². The number of pyridine rings is 1. The Morgan fingerprint density at radius 1 is 1.29 bits per heavy atom. The number of aromatic nitrogens is 1. The van der Waals surface area contributed by atoms with Crippen molar-refractivity contribution < 1.29 is 19.2 Å². The molecule has 0 saturated heterocycles. The average Bonchev–Trinajstić information content (AvgIpc) is 2.93. The van der Waals surface area contributed by atoms with E-state index in [9.17, 15) is 19.7 Å². The van der Waals surface area contributed by atoms with Gasteiger partial charge in [-0.15, -0.1) is 0 Å². The number of nitro benzene ring substituents is 1. The quantitative estimate of drug-likeness (QED) is 0.343. The summed E-state index contributed by atoms with van der Waals surface area (Å²) in [4.78, 5) is 41.1. The Balaban J connectivity index is 2.00. The summed E-state index contributed by atoms with van der Waals surface area (Å²) in [6.45, 7) is 1.94.